The van der Waals surface area contributed by atoms with E-state index in [4.69, 9.17) is 0 Å². The lowest BCUT2D eigenvalue weighted by Gasteiger charge is -2.28. The molecule has 2 aliphatic heterocycles. The highest BCUT2D eigenvalue weighted by Gasteiger charge is 2.23. The minimum atomic E-state index is -0.00458. The molecule has 90 valence electrons. The number of rotatable bonds is 2. The lowest BCUT2D eigenvalue weighted by Crippen LogP contribution is -2.39. The molecule has 0 radical (unpaired) electrons. The van der Waals surface area contributed by atoms with Crippen molar-refractivity contribution < 1.29 is 9.59 Å². The quantitative estimate of drug-likeness (QED) is 0.766. The Labute approximate surface area is 100 Å². The fourth-order valence-corrected chi connectivity index (χ4v) is 3.37. The summed E-state index contributed by atoms with van der Waals surface area (Å²) in [6.07, 6.45) is 2.86. The summed E-state index contributed by atoms with van der Waals surface area (Å²) in [7, 11) is 0. The maximum absolute atomic E-state index is 11.7. The minimum Gasteiger partial charge on any atom is -0.347 e. The first kappa shape index (κ1) is 11.8. The molecule has 0 aromatic carbocycles. The Morgan fingerprint density at radius 3 is 2.81 bits per heavy atom. The van der Waals surface area contributed by atoms with E-state index in [-0.39, 0.29) is 18.4 Å². The van der Waals surface area contributed by atoms with Crippen LogP contribution in [0.5, 0.6) is 0 Å². The number of nitrogens with zero attached hydrogens (tertiary/aromatic N) is 1. The number of hydrogen-bond acceptors (Lipinski definition) is 3. The maximum Gasteiger partial charge on any atom is 0.241 e. The van der Waals surface area contributed by atoms with Crippen LogP contribution in [-0.2, 0) is 9.59 Å². The van der Waals surface area contributed by atoms with E-state index >= 15 is 0 Å². The molecule has 0 aliphatic carbocycles. The standard InChI is InChI=1S/C11H18N2O2S/c14-10-1-4-13(11(15)7-12-10)8-9-2-5-16-6-3-9/h9H,1-8H2,(H,12,14). The first-order valence-corrected chi connectivity index (χ1v) is 7.03. The molecule has 2 aliphatic rings. The van der Waals surface area contributed by atoms with Gasteiger partial charge >= 0.3 is 0 Å². The summed E-state index contributed by atoms with van der Waals surface area (Å²) in [4.78, 5) is 24.8. The van der Waals surface area contributed by atoms with Gasteiger partial charge < -0.3 is 10.2 Å². The normalized spacial score (nSPS) is 24.1. The van der Waals surface area contributed by atoms with Crippen molar-refractivity contribution in [1.29, 1.82) is 0 Å². The van der Waals surface area contributed by atoms with Gasteiger partial charge in [-0.1, -0.05) is 0 Å². The van der Waals surface area contributed by atoms with Crippen LogP contribution in [0.25, 0.3) is 0 Å². The molecule has 0 saturated carbocycles. The average Bonchev–Trinajstić information content (AvgIpc) is 2.46. The van der Waals surface area contributed by atoms with Crippen molar-refractivity contribution in [3.63, 3.8) is 0 Å². The molecule has 0 bridgehead atoms. The third-order valence-corrected chi connectivity index (χ3v) is 4.27. The molecule has 2 saturated heterocycles. The van der Waals surface area contributed by atoms with Gasteiger partial charge in [0.05, 0.1) is 6.54 Å². The zero-order chi connectivity index (χ0) is 11.4. The van der Waals surface area contributed by atoms with Crippen molar-refractivity contribution >= 4 is 23.6 Å². The van der Waals surface area contributed by atoms with Crippen LogP contribution in [0.2, 0.25) is 0 Å². The number of hydrogen-bond donors (Lipinski definition) is 1. The van der Waals surface area contributed by atoms with Crippen LogP contribution in [-0.4, -0.2) is 47.9 Å². The monoisotopic (exact) mass is 242 g/mol. The molecule has 2 rings (SSSR count). The van der Waals surface area contributed by atoms with Gasteiger partial charge in [0, 0.05) is 19.5 Å². The second kappa shape index (κ2) is 5.57. The van der Waals surface area contributed by atoms with Crippen molar-refractivity contribution in [2.75, 3.05) is 31.1 Å². The number of nitrogens with one attached hydrogen (secondary N) is 1. The lowest BCUT2D eigenvalue weighted by atomic mass is 10.0. The van der Waals surface area contributed by atoms with Gasteiger partial charge in [0.15, 0.2) is 0 Å². The fraction of sp³-hybridized carbons (Fsp3) is 0.818. The Morgan fingerprint density at radius 2 is 2.06 bits per heavy atom. The summed E-state index contributed by atoms with van der Waals surface area (Å²) in [6, 6.07) is 0. The van der Waals surface area contributed by atoms with Crippen molar-refractivity contribution in [1.82, 2.24) is 10.2 Å². The van der Waals surface area contributed by atoms with Gasteiger partial charge in [-0.2, -0.15) is 11.8 Å². The number of carbonyl (C=O) groups is 2. The van der Waals surface area contributed by atoms with Crippen molar-refractivity contribution in [3.05, 3.63) is 0 Å². The third kappa shape index (κ3) is 3.14. The van der Waals surface area contributed by atoms with Gasteiger partial charge in [0.2, 0.25) is 11.8 Å². The Balaban J connectivity index is 1.86. The van der Waals surface area contributed by atoms with E-state index < -0.39 is 0 Å². The molecule has 1 N–H and O–H groups in total. The molecule has 2 heterocycles. The van der Waals surface area contributed by atoms with Crippen molar-refractivity contribution in [2.45, 2.75) is 19.3 Å². The summed E-state index contributed by atoms with van der Waals surface area (Å²) < 4.78 is 0. The highest BCUT2D eigenvalue weighted by Crippen LogP contribution is 2.23. The van der Waals surface area contributed by atoms with Crippen molar-refractivity contribution in [2.24, 2.45) is 5.92 Å². The van der Waals surface area contributed by atoms with E-state index in [1.165, 1.54) is 24.3 Å². The molecule has 0 unspecified atom stereocenters. The van der Waals surface area contributed by atoms with Crippen molar-refractivity contribution in [3.8, 4) is 0 Å². The SMILES string of the molecule is O=C1CCN(CC2CCSCC2)C(=O)CN1. The van der Waals surface area contributed by atoms with E-state index in [1.54, 1.807) is 0 Å². The van der Waals surface area contributed by atoms with Crippen LogP contribution < -0.4 is 5.32 Å². The number of carbonyl (C=O) groups excluding carboxylic acids is 2. The van der Waals surface area contributed by atoms with E-state index in [0.29, 0.717) is 18.9 Å². The van der Waals surface area contributed by atoms with Crippen LogP contribution in [0, 0.1) is 5.92 Å². The third-order valence-electron chi connectivity index (χ3n) is 3.22. The molecule has 0 spiro atoms. The summed E-state index contributed by atoms with van der Waals surface area (Å²) in [6.45, 7) is 1.61. The number of amides is 2. The highest BCUT2D eigenvalue weighted by atomic mass is 32.2. The minimum absolute atomic E-state index is 0.00458. The fourth-order valence-electron chi connectivity index (χ4n) is 2.17. The van der Waals surface area contributed by atoms with Gasteiger partial charge in [-0.15, -0.1) is 0 Å². The van der Waals surface area contributed by atoms with Gasteiger partial charge in [0.1, 0.15) is 0 Å². The van der Waals surface area contributed by atoms with Gasteiger partial charge in [0.25, 0.3) is 0 Å². The molecule has 4 nitrogen and oxygen atoms in total. The van der Waals surface area contributed by atoms with E-state index in [2.05, 4.69) is 5.32 Å². The molecule has 0 aromatic rings. The summed E-state index contributed by atoms with van der Waals surface area (Å²) in [5.41, 5.74) is 0. The lowest BCUT2D eigenvalue weighted by molar-refractivity contribution is -0.130. The second-order valence-electron chi connectivity index (χ2n) is 4.42. The van der Waals surface area contributed by atoms with Crippen LogP contribution >= 0.6 is 11.8 Å². The molecule has 0 aromatic heterocycles. The molecular weight excluding hydrogens is 224 g/mol. The highest BCUT2D eigenvalue weighted by molar-refractivity contribution is 7.99. The van der Waals surface area contributed by atoms with E-state index in [0.717, 1.165) is 6.54 Å². The zero-order valence-corrected chi connectivity index (χ0v) is 10.2. The molecule has 0 atom stereocenters. The molecule has 16 heavy (non-hydrogen) atoms. The zero-order valence-electron chi connectivity index (χ0n) is 9.41. The first-order chi connectivity index (χ1) is 7.75. The van der Waals surface area contributed by atoms with Crippen LogP contribution in [0.4, 0.5) is 0 Å². The van der Waals surface area contributed by atoms with Gasteiger partial charge in [-0.3, -0.25) is 9.59 Å². The average molecular weight is 242 g/mol. The first-order valence-electron chi connectivity index (χ1n) is 5.88. The van der Waals surface area contributed by atoms with Crippen LogP contribution in [0.1, 0.15) is 19.3 Å². The molecule has 2 amide bonds. The molecular formula is C11H18N2O2S. The second-order valence-corrected chi connectivity index (χ2v) is 5.65. The Hall–Kier alpha value is -0.710. The Bertz CT molecular complexity index is 277. The molecule has 2 fully saturated rings. The smallest absolute Gasteiger partial charge is 0.241 e. The predicted molar refractivity (Wildman–Crippen MR) is 64.3 cm³/mol. The molecule has 5 heteroatoms. The topological polar surface area (TPSA) is 49.4 Å². The van der Waals surface area contributed by atoms with Gasteiger partial charge in [-0.25, -0.2) is 0 Å². The number of thioether (sulfide) groups is 1. The summed E-state index contributed by atoms with van der Waals surface area (Å²) in [5.74, 6) is 3.13. The largest absolute Gasteiger partial charge is 0.347 e. The summed E-state index contributed by atoms with van der Waals surface area (Å²) in [5, 5.41) is 2.63. The van der Waals surface area contributed by atoms with Gasteiger partial charge in [-0.05, 0) is 30.3 Å². The predicted octanol–water partition coefficient (Wildman–Crippen LogP) is 0.478. The maximum atomic E-state index is 11.7. The summed E-state index contributed by atoms with van der Waals surface area (Å²) >= 11 is 2.00. The van der Waals surface area contributed by atoms with Crippen LogP contribution in [0.3, 0.4) is 0 Å². The Kier molecular flexibility index (Phi) is 4.09. The van der Waals surface area contributed by atoms with Crippen LogP contribution in [0.15, 0.2) is 0 Å². The van der Waals surface area contributed by atoms with E-state index in [9.17, 15) is 9.59 Å². The van der Waals surface area contributed by atoms with E-state index in [1.807, 2.05) is 16.7 Å². The Morgan fingerprint density at radius 1 is 1.31 bits per heavy atom.